The van der Waals surface area contributed by atoms with E-state index in [1.54, 1.807) is 0 Å². The zero-order valence-electron chi connectivity index (χ0n) is 13.2. The predicted molar refractivity (Wildman–Crippen MR) is 95.3 cm³/mol. The van der Waals surface area contributed by atoms with E-state index >= 15 is 0 Å². The molecule has 1 saturated heterocycles. The predicted octanol–water partition coefficient (Wildman–Crippen LogP) is 4.38. The first-order chi connectivity index (χ1) is 10.8. The highest BCUT2D eigenvalue weighted by molar-refractivity contribution is 7.18. The van der Waals surface area contributed by atoms with Crippen LogP contribution in [0.2, 0.25) is 0 Å². The van der Waals surface area contributed by atoms with Gasteiger partial charge in [0.25, 0.3) is 0 Å². The quantitative estimate of drug-likeness (QED) is 0.820. The zero-order chi connectivity index (χ0) is 15.1. The molecule has 0 N–H and O–H groups in total. The summed E-state index contributed by atoms with van der Waals surface area (Å²) >= 11 is 1.87. The number of rotatable bonds is 2. The summed E-state index contributed by atoms with van der Waals surface area (Å²) in [7, 11) is 0. The SMILES string of the molecule is CCC1CCc2c(sc3cc(N4CCCC4)ccc3c2=O)C1. The lowest BCUT2D eigenvalue weighted by atomic mass is 9.87. The molecule has 116 valence electrons. The van der Waals surface area contributed by atoms with Crippen molar-refractivity contribution in [2.75, 3.05) is 18.0 Å². The van der Waals surface area contributed by atoms with E-state index in [1.165, 1.54) is 40.9 Å². The van der Waals surface area contributed by atoms with Gasteiger partial charge in [-0.1, -0.05) is 13.3 Å². The number of hydrogen-bond acceptors (Lipinski definition) is 3. The molecule has 1 aromatic carbocycles. The van der Waals surface area contributed by atoms with Crippen molar-refractivity contribution in [1.29, 1.82) is 0 Å². The molecule has 2 aliphatic rings. The molecule has 1 fully saturated rings. The summed E-state index contributed by atoms with van der Waals surface area (Å²) in [6, 6.07) is 6.46. The largest absolute Gasteiger partial charge is 0.371 e. The van der Waals surface area contributed by atoms with Crippen LogP contribution in [0.15, 0.2) is 23.0 Å². The van der Waals surface area contributed by atoms with Crippen LogP contribution < -0.4 is 10.3 Å². The second-order valence-corrected chi connectivity index (χ2v) is 7.86. The Morgan fingerprint density at radius 2 is 2.09 bits per heavy atom. The Kier molecular flexibility index (Phi) is 3.69. The van der Waals surface area contributed by atoms with Crippen LogP contribution in [0.25, 0.3) is 10.1 Å². The fraction of sp³-hybridized carbons (Fsp3) is 0.526. The van der Waals surface area contributed by atoms with Crippen LogP contribution >= 0.6 is 11.3 Å². The van der Waals surface area contributed by atoms with Crippen LogP contribution in [0, 0.1) is 5.92 Å². The second-order valence-electron chi connectivity index (χ2n) is 6.72. The Hall–Kier alpha value is -1.35. The van der Waals surface area contributed by atoms with Crippen LogP contribution in [0.3, 0.4) is 0 Å². The van der Waals surface area contributed by atoms with Crippen molar-refractivity contribution in [3.63, 3.8) is 0 Å². The van der Waals surface area contributed by atoms with E-state index < -0.39 is 0 Å². The zero-order valence-corrected chi connectivity index (χ0v) is 14.0. The van der Waals surface area contributed by atoms with E-state index in [-0.39, 0.29) is 0 Å². The average molecular weight is 313 g/mol. The van der Waals surface area contributed by atoms with Gasteiger partial charge in [-0.2, -0.15) is 0 Å². The molecule has 1 aromatic heterocycles. The maximum absolute atomic E-state index is 12.8. The van der Waals surface area contributed by atoms with Gasteiger partial charge in [-0.15, -0.1) is 11.3 Å². The highest BCUT2D eigenvalue weighted by Crippen LogP contribution is 2.33. The average Bonchev–Trinajstić information content (AvgIpc) is 3.08. The lowest BCUT2D eigenvalue weighted by molar-refractivity contribution is 0.448. The van der Waals surface area contributed by atoms with Crippen molar-refractivity contribution in [2.24, 2.45) is 5.92 Å². The molecule has 0 saturated carbocycles. The van der Waals surface area contributed by atoms with E-state index in [0.29, 0.717) is 5.43 Å². The maximum atomic E-state index is 12.8. The van der Waals surface area contributed by atoms with Gasteiger partial charge in [0.1, 0.15) is 0 Å². The second kappa shape index (κ2) is 5.69. The minimum Gasteiger partial charge on any atom is -0.371 e. The first-order valence-corrected chi connectivity index (χ1v) is 9.41. The van der Waals surface area contributed by atoms with Crippen molar-refractivity contribution in [3.8, 4) is 0 Å². The maximum Gasteiger partial charge on any atom is 0.191 e. The molecule has 1 aliphatic heterocycles. The van der Waals surface area contributed by atoms with Gasteiger partial charge in [-0.25, -0.2) is 0 Å². The molecule has 0 radical (unpaired) electrons. The van der Waals surface area contributed by atoms with Crippen molar-refractivity contribution in [3.05, 3.63) is 38.9 Å². The molecule has 0 spiro atoms. The smallest absolute Gasteiger partial charge is 0.191 e. The topological polar surface area (TPSA) is 20.3 Å². The molecule has 4 rings (SSSR count). The Morgan fingerprint density at radius 3 is 2.86 bits per heavy atom. The molecular weight excluding hydrogens is 290 g/mol. The normalized spacial score (nSPS) is 21.3. The van der Waals surface area contributed by atoms with Crippen molar-refractivity contribution < 1.29 is 0 Å². The summed E-state index contributed by atoms with van der Waals surface area (Å²) in [6.07, 6.45) is 7.07. The highest BCUT2D eigenvalue weighted by atomic mass is 32.1. The van der Waals surface area contributed by atoms with Gasteiger partial charge in [0.05, 0.1) is 0 Å². The molecule has 1 atom stereocenters. The molecule has 2 aromatic rings. The van der Waals surface area contributed by atoms with Crippen molar-refractivity contribution >= 4 is 27.1 Å². The van der Waals surface area contributed by atoms with Crippen LogP contribution in [-0.2, 0) is 12.8 Å². The summed E-state index contributed by atoms with van der Waals surface area (Å²) in [6.45, 7) is 4.58. The fourth-order valence-corrected chi connectivity index (χ4v) is 5.27. The van der Waals surface area contributed by atoms with E-state index in [4.69, 9.17) is 0 Å². The van der Waals surface area contributed by atoms with Gasteiger partial charge in [0.15, 0.2) is 5.43 Å². The number of hydrogen-bond donors (Lipinski definition) is 0. The van der Waals surface area contributed by atoms with E-state index in [9.17, 15) is 4.79 Å². The number of anilines is 1. The van der Waals surface area contributed by atoms with Crippen molar-refractivity contribution in [1.82, 2.24) is 0 Å². The minimum atomic E-state index is 0.297. The van der Waals surface area contributed by atoms with Crippen LogP contribution in [0.4, 0.5) is 5.69 Å². The number of nitrogens with zero attached hydrogens (tertiary/aromatic N) is 1. The number of benzene rings is 1. The monoisotopic (exact) mass is 313 g/mol. The number of fused-ring (bicyclic) bond motifs is 2. The molecule has 0 bridgehead atoms. The van der Waals surface area contributed by atoms with E-state index in [2.05, 4.69) is 30.0 Å². The van der Waals surface area contributed by atoms with Gasteiger partial charge in [0, 0.05) is 39.3 Å². The summed E-state index contributed by atoms with van der Waals surface area (Å²) in [5, 5.41) is 0.932. The molecule has 1 unspecified atom stereocenters. The summed E-state index contributed by atoms with van der Waals surface area (Å²) in [4.78, 5) is 16.6. The standard InChI is InChI=1S/C19H23NOS/c1-2-13-5-7-15-17(11-13)22-18-12-14(20-9-3-4-10-20)6-8-16(18)19(15)21/h6,8,12-13H,2-5,7,9-11H2,1H3. The summed E-state index contributed by atoms with van der Waals surface area (Å²) in [5.41, 5.74) is 2.70. The first-order valence-electron chi connectivity index (χ1n) is 8.60. The Balaban J connectivity index is 1.81. The third kappa shape index (κ3) is 2.36. The molecule has 3 heteroatoms. The van der Waals surface area contributed by atoms with Gasteiger partial charge in [-0.05, 0) is 56.2 Å². The third-order valence-corrected chi connectivity index (χ3v) is 6.60. The van der Waals surface area contributed by atoms with Gasteiger partial charge < -0.3 is 4.90 Å². The molecule has 2 nitrogen and oxygen atoms in total. The summed E-state index contributed by atoms with van der Waals surface area (Å²) < 4.78 is 1.19. The third-order valence-electron chi connectivity index (χ3n) is 5.38. The van der Waals surface area contributed by atoms with Crippen LogP contribution in [0.1, 0.15) is 43.0 Å². The Labute approximate surface area is 135 Å². The van der Waals surface area contributed by atoms with E-state index in [1.807, 2.05) is 11.3 Å². The lowest BCUT2D eigenvalue weighted by Gasteiger charge is -2.23. The van der Waals surface area contributed by atoms with Gasteiger partial charge >= 0.3 is 0 Å². The highest BCUT2D eigenvalue weighted by Gasteiger charge is 2.22. The van der Waals surface area contributed by atoms with Crippen LogP contribution in [0.5, 0.6) is 0 Å². The minimum absolute atomic E-state index is 0.297. The molecule has 2 heterocycles. The molecule has 0 amide bonds. The lowest BCUT2D eigenvalue weighted by Crippen LogP contribution is -2.21. The van der Waals surface area contributed by atoms with Gasteiger partial charge in [0.2, 0.25) is 0 Å². The first kappa shape index (κ1) is 14.3. The Bertz CT molecular complexity index is 758. The van der Waals surface area contributed by atoms with E-state index in [0.717, 1.165) is 42.8 Å². The fourth-order valence-electron chi connectivity index (χ4n) is 3.92. The molecule has 22 heavy (non-hydrogen) atoms. The van der Waals surface area contributed by atoms with Gasteiger partial charge in [-0.3, -0.25) is 4.79 Å². The molecular formula is C19H23NOS. The van der Waals surface area contributed by atoms with Crippen LogP contribution in [-0.4, -0.2) is 13.1 Å². The molecule has 1 aliphatic carbocycles. The van der Waals surface area contributed by atoms with Crippen molar-refractivity contribution in [2.45, 2.75) is 45.4 Å². The summed E-state index contributed by atoms with van der Waals surface area (Å²) in [5.74, 6) is 0.766. The Morgan fingerprint density at radius 1 is 1.27 bits per heavy atom.